The summed E-state index contributed by atoms with van der Waals surface area (Å²) in [4.78, 5) is 5.62. The summed E-state index contributed by atoms with van der Waals surface area (Å²) in [5, 5.41) is 5.34. The van der Waals surface area contributed by atoms with Crippen molar-refractivity contribution in [3.8, 4) is 17.0 Å². The molecule has 0 spiro atoms. The summed E-state index contributed by atoms with van der Waals surface area (Å²) in [6, 6.07) is 16.0. The number of pyridine rings is 1. The zero-order valence-electron chi connectivity index (χ0n) is 26.4. The Kier molecular flexibility index (Phi) is 9.48. The molecule has 216 valence electrons. The molecule has 0 aliphatic carbocycles. The lowest BCUT2D eigenvalue weighted by molar-refractivity contribution is 0.404. The number of nitrogens with zero attached hydrogens (tertiary/aromatic N) is 1. The van der Waals surface area contributed by atoms with Crippen LogP contribution in [0.15, 0.2) is 48.2 Å². The van der Waals surface area contributed by atoms with Crippen LogP contribution in [0.1, 0.15) is 121 Å². The number of aromatic nitrogens is 1. The van der Waals surface area contributed by atoms with Crippen LogP contribution < -0.4 is 4.74 Å². The van der Waals surface area contributed by atoms with Gasteiger partial charge in [-0.25, -0.2) is 0 Å². The molecule has 0 atom stereocenters. The fourth-order valence-corrected chi connectivity index (χ4v) is 7.11. The van der Waals surface area contributed by atoms with E-state index in [0.29, 0.717) is 0 Å². The third kappa shape index (κ3) is 5.31. The highest BCUT2D eigenvalue weighted by molar-refractivity contribution is 6.09. The van der Waals surface area contributed by atoms with Crippen LogP contribution in [0.4, 0.5) is 0 Å². The molecule has 0 unspecified atom stereocenters. The van der Waals surface area contributed by atoms with Crippen LogP contribution in [0.2, 0.25) is 0 Å². The number of allylic oxidation sites excluding steroid dienone is 2. The molecular formula is C39H49NO. The Labute approximate surface area is 248 Å². The van der Waals surface area contributed by atoms with E-state index >= 15 is 0 Å². The van der Waals surface area contributed by atoms with Gasteiger partial charge < -0.3 is 4.74 Å². The molecule has 0 N–H and O–H groups in total. The van der Waals surface area contributed by atoms with Gasteiger partial charge in [-0.15, -0.1) is 0 Å². The Morgan fingerprint density at radius 3 is 1.85 bits per heavy atom. The first-order valence-electron chi connectivity index (χ1n) is 16.5. The smallest absolute Gasteiger partial charge is 0.145 e. The predicted molar refractivity (Wildman–Crippen MR) is 178 cm³/mol. The van der Waals surface area contributed by atoms with Gasteiger partial charge in [-0.2, -0.15) is 0 Å². The molecule has 1 aromatic heterocycles. The highest BCUT2D eigenvalue weighted by Gasteiger charge is 2.30. The second kappa shape index (κ2) is 13.2. The van der Waals surface area contributed by atoms with Crippen LogP contribution in [0, 0.1) is 0 Å². The van der Waals surface area contributed by atoms with Gasteiger partial charge in [0.1, 0.15) is 11.5 Å². The highest BCUT2D eigenvalue weighted by Crippen LogP contribution is 2.51. The van der Waals surface area contributed by atoms with Gasteiger partial charge in [0.15, 0.2) is 0 Å². The van der Waals surface area contributed by atoms with Crippen LogP contribution in [-0.4, -0.2) is 4.98 Å². The van der Waals surface area contributed by atoms with Crippen molar-refractivity contribution in [3.63, 3.8) is 0 Å². The zero-order chi connectivity index (χ0) is 28.9. The van der Waals surface area contributed by atoms with E-state index in [0.717, 1.165) is 88.5 Å². The lowest BCUT2D eigenvalue weighted by atomic mass is 9.81. The standard InChI is InChI=1S/C39H49NO/c1-7-16-26-30(19-10-4)37(38-33-23-14-13-22-27(33)28(17-8-2)34(40-38)20-11-5)39-36-31(26)24-15-25-32(36)29(18-9-3)35(41-39)21-12-6/h13-15,22-25H,7-12,16-21H2,1-6H3. The molecule has 2 heteroatoms. The summed E-state index contributed by atoms with van der Waals surface area (Å²) in [7, 11) is 0. The highest BCUT2D eigenvalue weighted by atomic mass is 16.5. The van der Waals surface area contributed by atoms with Gasteiger partial charge in [-0.1, -0.05) is 116 Å². The maximum Gasteiger partial charge on any atom is 0.145 e. The quantitative estimate of drug-likeness (QED) is 0.166. The Morgan fingerprint density at radius 1 is 0.561 bits per heavy atom. The monoisotopic (exact) mass is 547 g/mol. The van der Waals surface area contributed by atoms with Crippen molar-refractivity contribution >= 4 is 27.1 Å². The fraction of sp³-hybridized carbons (Fsp3) is 0.462. The largest absolute Gasteiger partial charge is 0.460 e. The number of aryl methyl sites for hydroxylation is 3. The first-order chi connectivity index (χ1) is 20.1. The molecule has 1 aliphatic rings. The zero-order valence-corrected chi connectivity index (χ0v) is 26.4. The maximum absolute atomic E-state index is 7.18. The Balaban J connectivity index is 1.97. The average molecular weight is 548 g/mol. The van der Waals surface area contributed by atoms with E-state index in [4.69, 9.17) is 9.72 Å². The summed E-state index contributed by atoms with van der Waals surface area (Å²) in [5.74, 6) is 2.23. The molecule has 2 heterocycles. The fourth-order valence-electron chi connectivity index (χ4n) is 7.11. The van der Waals surface area contributed by atoms with Gasteiger partial charge in [-0.05, 0) is 77.1 Å². The SMILES string of the molecule is CCCC1=C(CCC)c2cccc3c(CCC)c(CCC)c(-c4nc(CCC)c(CCC)c5ccccc45)c(c23)O1. The van der Waals surface area contributed by atoms with E-state index in [1.165, 1.54) is 66.4 Å². The first kappa shape index (κ1) is 29.4. The summed E-state index contributed by atoms with van der Waals surface area (Å²) >= 11 is 0. The molecule has 3 aromatic carbocycles. The Bertz CT molecular complexity index is 1570. The molecule has 41 heavy (non-hydrogen) atoms. The lowest BCUT2D eigenvalue weighted by Crippen LogP contribution is -2.12. The van der Waals surface area contributed by atoms with Crippen LogP contribution in [-0.2, 0) is 25.7 Å². The van der Waals surface area contributed by atoms with Gasteiger partial charge in [0.2, 0.25) is 0 Å². The van der Waals surface area contributed by atoms with E-state index in [2.05, 4.69) is 84.0 Å². The third-order valence-electron chi connectivity index (χ3n) is 8.70. The van der Waals surface area contributed by atoms with Gasteiger partial charge in [0.05, 0.1) is 5.69 Å². The number of fused-ring (bicyclic) bond motifs is 1. The molecule has 0 radical (unpaired) electrons. The van der Waals surface area contributed by atoms with Crippen molar-refractivity contribution in [3.05, 3.63) is 76.2 Å². The molecule has 0 saturated carbocycles. The molecule has 4 aromatic rings. The molecular weight excluding hydrogens is 498 g/mol. The van der Waals surface area contributed by atoms with Crippen LogP contribution >= 0.6 is 0 Å². The molecule has 0 amide bonds. The van der Waals surface area contributed by atoms with Crippen molar-refractivity contribution in [2.45, 2.75) is 119 Å². The summed E-state index contributed by atoms with van der Waals surface area (Å²) in [5.41, 5.74) is 10.9. The minimum atomic E-state index is 0.967. The van der Waals surface area contributed by atoms with Gasteiger partial charge in [0.25, 0.3) is 0 Å². The van der Waals surface area contributed by atoms with Crippen molar-refractivity contribution in [2.75, 3.05) is 0 Å². The number of hydrogen-bond donors (Lipinski definition) is 0. The van der Waals surface area contributed by atoms with Crippen molar-refractivity contribution in [1.82, 2.24) is 4.98 Å². The van der Waals surface area contributed by atoms with Crippen LogP contribution in [0.5, 0.6) is 5.75 Å². The van der Waals surface area contributed by atoms with Crippen LogP contribution in [0.25, 0.3) is 38.4 Å². The van der Waals surface area contributed by atoms with Gasteiger partial charge in [0, 0.05) is 28.5 Å². The van der Waals surface area contributed by atoms with E-state index in [9.17, 15) is 0 Å². The van der Waals surface area contributed by atoms with Gasteiger partial charge >= 0.3 is 0 Å². The number of benzene rings is 3. The lowest BCUT2D eigenvalue weighted by Gasteiger charge is -2.30. The van der Waals surface area contributed by atoms with E-state index < -0.39 is 0 Å². The van der Waals surface area contributed by atoms with E-state index in [-0.39, 0.29) is 0 Å². The summed E-state index contributed by atoms with van der Waals surface area (Å²) in [6.07, 6.45) is 12.8. The number of rotatable bonds is 13. The number of ether oxygens (including phenoxy) is 1. The number of hydrogen-bond acceptors (Lipinski definition) is 2. The third-order valence-corrected chi connectivity index (χ3v) is 8.70. The Morgan fingerprint density at radius 2 is 1.17 bits per heavy atom. The molecule has 5 rings (SSSR count). The predicted octanol–water partition coefficient (Wildman–Crippen LogP) is 11.6. The second-order valence-electron chi connectivity index (χ2n) is 11.8. The topological polar surface area (TPSA) is 22.1 Å². The summed E-state index contributed by atoms with van der Waals surface area (Å²) in [6.45, 7) is 13.7. The first-order valence-corrected chi connectivity index (χ1v) is 16.5. The molecule has 0 bridgehead atoms. The normalized spacial score (nSPS) is 12.9. The van der Waals surface area contributed by atoms with Crippen LogP contribution in [0.3, 0.4) is 0 Å². The summed E-state index contributed by atoms with van der Waals surface area (Å²) < 4.78 is 7.18. The molecule has 2 nitrogen and oxygen atoms in total. The molecule has 0 saturated heterocycles. The van der Waals surface area contributed by atoms with Crippen molar-refractivity contribution in [1.29, 1.82) is 0 Å². The molecule has 0 fully saturated rings. The van der Waals surface area contributed by atoms with E-state index in [1.54, 1.807) is 0 Å². The second-order valence-corrected chi connectivity index (χ2v) is 11.8. The minimum Gasteiger partial charge on any atom is -0.460 e. The average Bonchev–Trinajstić information content (AvgIpc) is 2.98. The van der Waals surface area contributed by atoms with Crippen molar-refractivity contribution < 1.29 is 4.74 Å². The van der Waals surface area contributed by atoms with E-state index in [1.807, 2.05) is 0 Å². The van der Waals surface area contributed by atoms with Crippen molar-refractivity contribution in [2.24, 2.45) is 0 Å². The Hall–Kier alpha value is -3.13. The minimum absolute atomic E-state index is 0.967. The van der Waals surface area contributed by atoms with Gasteiger partial charge in [-0.3, -0.25) is 4.98 Å². The maximum atomic E-state index is 7.18. The molecule has 1 aliphatic heterocycles.